The molecular formula is C22H28N2O4. The van der Waals surface area contributed by atoms with E-state index in [-0.39, 0.29) is 5.91 Å². The predicted molar refractivity (Wildman–Crippen MR) is 107 cm³/mol. The molecule has 0 radical (unpaired) electrons. The van der Waals surface area contributed by atoms with Crippen LogP contribution in [-0.4, -0.2) is 50.3 Å². The van der Waals surface area contributed by atoms with E-state index in [2.05, 4.69) is 22.3 Å². The normalized spacial score (nSPS) is 15.6. The molecule has 1 aliphatic heterocycles. The van der Waals surface area contributed by atoms with Gasteiger partial charge in [0.1, 0.15) is 11.5 Å². The van der Waals surface area contributed by atoms with Crippen LogP contribution in [0.15, 0.2) is 48.5 Å². The number of benzene rings is 2. The Labute approximate surface area is 166 Å². The molecule has 1 aliphatic rings. The van der Waals surface area contributed by atoms with Crippen LogP contribution in [0.4, 0.5) is 0 Å². The second kappa shape index (κ2) is 10.1. The van der Waals surface area contributed by atoms with Crippen molar-refractivity contribution >= 4 is 5.91 Å². The Kier molecular flexibility index (Phi) is 7.28. The van der Waals surface area contributed by atoms with Gasteiger partial charge in [-0.05, 0) is 42.3 Å². The lowest BCUT2D eigenvalue weighted by molar-refractivity contribution is -0.127. The minimum Gasteiger partial charge on any atom is -0.497 e. The molecule has 1 amide bonds. The summed E-state index contributed by atoms with van der Waals surface area (Å²) in [6.45, 7) is 6.63. The molecular weight excluding hydrogens is 356 g/mol. The SMILES string of the molecule is COc1ccc(O[C@H](C)C(=O)NCc2cccc(CN3CCOCC3)c2)cc1. The third-order valence-electron chi connectivity index (χ3n) is 4.71. The number of amides is 1. The maximum atomic E-state index is 12.4. The number of carbonyl (C=O) groups is 1. The lowest BCUT2D eigenvalue weighted by atomic mass is 10.1. The van der Waals surface area contributed by atoms with Gasteiger partial charge in [-0.1, -0.05) is 24.3 Å². The first-order valence-corrected chi connectivity index (χ1v) is 9.60. The van der Waals surface area contributed by atoms with Gasteiger partial charge in [0.2, 0.25) is 0 Å². The van der Waals surface area contributed by atoms with E-state index >= 15 is 0 Å². The summed E-state index contributed by atoms with van der Waals surface area (Å²) in [6, 6.07) is 15.5. The largest absolute Gasteiger partial charge is 0.497 e. The molecule has 1 N–H and O–H groups in total. The van der Waals surface area contributed by atoms with Crippen molar-refractivity contribution in [1.29, 1.82) is 0 Å². The zero-order chi connectivity index (χ0) is 19.8. The van der Waals surface area contributed by atoms with Crippen molar-refractivity contribution in [2.24, 2.45) is 0 Å². The summed E-state index contributed by atoms with van der Waals surface area (Å²) < 4.78 is 16.2. The van der Waals surface area contributed by atoms with Gasteiger partial charge in [0, 0.05) is 26.2 Å². The molecule has 6 nitrogen and oxygen atoms in total. The van der Waals surface area contributed by atoms with Crippen LogP contribution in [0.1, 0.15) is 18.1 Å². The summed E-state index contributed by atoms with van der Waals surface area (Å²) in [5.74, 6) is 1.24. The Hall–Kier alpha value is -2.57. The van der Waals surface area contributed by atoms with E-state index in [0.29, 0.717) is 12.3 Å². The molecule has 0 bridgehead atoms. The summed E-state index contributed by atoms with van der Waals surface area (Å²) in [5.41, 5.74) is 2.33. The number of methoxy groups -OCH3 is 1. The van der Waals surface area contributed by atoms with Crippen LogP contribution in [0.2, 0.25) is 0 Å². The second-order valence-electron chi connectivity index (χ2n) is 6.86. The van der Waals surface area contributed by atoms with Crippen molar-refractivity contribution in [1.82, 2.24) is 10.2 Å². The number of morpholine rings is 1. The van der Waals surface area contributed by atoms with Crippen molar-refractivity contribution in [2.75, 3.05) is 33.4 Å². The van der Waals surface area contributed by atoms with E-state index in [9.17, 15) is 4.79 Å². The molecule has 0 saturated carbocycles. The summed E-state index contributed by atoms with van der Waals surface area (Å²) in [7, 11) is 1.61. The average Bonchev–Trinajstić information content (AvgIpc) is 2.73. The molecule has 0 unspecified atom stereocenters. The van der Waals surface area contributed by atoms with E-state index in [0.717, 1.165) is 44.2 Å². The van der Waals surface area contributed by atoms with Gasteiger partial charge in [-0.3, -0.25) is 9.69 Å². The van der Waals surface area contributed by atoms with Gasteiger partial charge in [0.25, 0.3) is 5.91 Å². The quantitative estimate of drug-likeness (QED) is 0.758. The fourth-order valence-electron chi connectivity index (χ4n) is 3.10. The highest BCUT2D eigenvalue weighted by Gasteiger charge is 2.15. The number of hydrogen-bond acceptors (Lipinski definition) is 5. The van der Waals surface area contributed by atoms with Crippen LogP contribution in [0, 0.1) is 0 Å². The molecule has 1 saturated heterocycles. The Balaban J connectivity index is 1.48. The lowest BCUT2D eigenvalue weighted by Gasteiger charge is -2.26. The first-order chi connectivity index (χ1) is 13.6. The maximum Gasteiger partial charge on any atom is 0.261 e. The van der Waals surface area contributed by atoms with Gasteiger partial charge in [-0.15, -0.1) is 0 Å². The molecule has 1 heterocycles. The van der Waals surface area contributed by atoms with Crippen molar-refractivity contribution in [3.8, 4) is 11.5 Å². The highest BCUT2D eigenvalue weighted by molar-refractivity contribution is 5.80. The highest BCUT2D eigenvalue weighted by atomic mass is 16.5. The fraction of sp³-hybridized carbons (Fsp3) is 0.409. The second-order valence-corrected chi connectivity index (χ2v) is 6.86. The molecule has 2 aromatic rings. The van der Waals surface area contributed by atoms with E-state index in [4.69, 9.17) is 14.2 Å². The van der Waals surface area contributed by atoms with Crippen LogP contribution in [0.25, 0.3) is 0 Å². The Morgan fingerprint density at radius 1 is 1.11 bits per heavy atom. The van der Waals surface area contributed by atoms with Crippen molar-refractivity contribution < 1.29 is 19.0 Å². The van der Waals surface area contributed by atoms with Crippen LogP contribution in [-0.2, 0) is 22.6 Å². The van der Waals surface area contributed by atoms with E-state index in [1.165, 1.54) is 5.56 Å². The summed E-state index contributed by atoms with van der Waals surface area (Å²) in [5, 5.41) is 2.95. The summed E-state index contributed by atoms with van der Waals surface area (Å²) in [4.78, 5) is 14.7. The average molecular weight is 384 g/mol. The van der Waals surface area contributed by atoms with Crippen LogP contribution in [0.5, 0.6) is 11.5 Å². The van der Waals surface area contributed by atoms with Gasteiger partial charge < -0.3 is 19.5 Å². The number of nitrogens with one attached hydrogen (secondary N) is 1. The monoisotopic (exact) mass is 384 g/mol. The van der Waals surface area contributed by atoms with Gasteiger partial charge >= 0.3 is 0 Å². The zero-order valence-electron chi connectivity index (χ0n) is 16.5. The molecule has 1 fully saturated rings. The topological polar surface area (TPSA) is 60.0 Å². The number of rotatable bonds is 8. The van der Waals surface area contributed by atoms with Crippen molar-refractivity contribution in [3.05, 3.63) is 59.7 Å². The molecule has 6 heteroatoms. The summed E-state index contributed by atoms with van der Waals surface area (Å²) in [6.07, 6.45) is -0.579. The molecule has 0 aliphatic carbocycles. The lowest BCUT2D eigenvalue weighted by Crippen LogP contribution is -2.36. The third-order valence-corrected chi connectivity index (χ3v) is 4.71. The van der Waals surface area contributed by atoms with Crippen LogP contribution in [0.3, 0.4) is 0 Å². The van der Waals surface area contributed by atoms with Gasteiger partial charge in [0.15, 0.2) is 6.10 Å². The number of nitrogens with zero attached hydrogens (tertiary/aromatic N) is 1. The molecule has 150 valence electrons. The molecule has 1 atom stereocenters. The van der Waals surface area contributed by atoms with Crippen molar-refractivity contribution in [2.45, 2.75) is 26.1 Å². The molecule has 2 aromatic carbocycles. The van der Waals surface area contributed by atoms with Gasteiger partial charge in [-0.25, -0.2) is 0 Å². The van der Waals surface area contributed by atoms with E-state index < -0.39 is 6.10 Å². The maximum absolute atomic E-state index is 12.4. The third kappa shape index (κ3) is 5.97. The molecule has 0 aromatic heterocycles. The standard InChI is InChI=1S/C22H28N2O4/c1-17(28-21-8-6-20(26-2)7-9-21)22(25)23-15-18-4-3-5-19(14-18)16-24-10-12-27-13-11-24/h3-9,14,17H,10-13,15-16H2,1-2H3,(H,23,25)/t17-/m1/s1. The molecule has 0 spiro atoms. The number of carbonyl (C=O) groups excluding carboxylic acids is 1. The first-order valence-electron chi connectivity index (χ1n) is 9.60. The minimum absolute atomic E-state index is 0.144. The van der Waals surface area contributed by atoms with Crippen LogP contribution < -0.4 is 14.8 Å². The Morgan fingerprint density at radius 3 is 2.50 bits per heavy atom. The number of hydrogen-bond donors (Lipinski definition) is 1. The van der Waals surface area contributed by atoms with Crippen molar-refractivity contribution in [3.63, 3.8) is 0 Å². The molecule has 28 heavy (non-hydrogen) atoms. The number of ether oxygens (including phenoxy) is 3. The molecule has 3 rings (SSSR count). The van der Waals surface area contributed by atoms with Gasteiger partial charge in [-0.2, -0.15) is 0 Å². The van der Waals surface area contributed by atoms with E-state index in [1.54, 1.807) is 38.3 Å². The van der Waals surface area contributed by atoms with E-state index in [1.807, 2.05) is 12.1 Å². The summed E-state index contributed by atoms with van der Waals surface area (Å²) >= 11 is 0. The van der Waals surface area contributed by atoms with Crippen LogP contribution >= 0.6 is 0 Å². The smallest absolute Gasteiger partial charge is 0.261 e. The first kappa shape index (κ1) is 20.2. The Morgan fingerprint density at radius 2 is 1.79 bits per heavy atom. The highest BCUT2D eigenvalue weighted by Crippen LogP contribution is 2.18. The minimum atomic E-state index is -0.579. The van der Waals surface area contributed by atoms with Gasteiger partial charge in [0.05, 0.1) is 20.3 Å². The Bertz CT molecular complexity index is 757. The zero-order valence-corrected chi connectivity index (χ0v) is 16.5. The predicted octanol–water partition coefficient (Wildman–Crippen LogP) is 2.61. The fourth-order valence-corrected chi connectivity index (χ4v) is 3.10.